The second-order valence-corrected chi connectivity index (χ2v) is 7.84. The van der Waals surface area contributed by atoms with Crippen molar-refractivity contribution in [2.24, 2.45) is 5.92 Å². The van der Waals surface area contributed by atoms with Gasteiger partial charge in [0, 0.05) is 37.9 Å². The van der Waals surface area contributed by atoms with E-state index in [9.17, 15) is 4.79 Å². The van der Waals surface area contributed by atoms with Gasteiger partial charge in [-0.05, 0) is 44.2 Å². The van der Waals surface area contributed by atoms with Gasteiger partial charge >= 0.3 is 0 Å². The Morgan fingerprint density at radius 3 is 2.63 bits per heavy atom. The molecule has 2 fully saturated rings. The van der Waals surface area contributed by atoms with E-state index in [0.29, 0.717) is 18.5 Å². The third kappa shape index (κ3) is 4.16. The molecule has 1 aliphatic carbocycles. The Bertz CT molecular complexity index is 789. The lowest BCUT2D eigenvalue weighted by Crippen LogP contribution is -2.48. The fourth-order valence-corrected chi connectivity index (χ4v) is 3.97. The molecule has 0 bridgehead atoms. The van der Waals surface area contributed by atoms with Crippen molar-refractivity contribution < 1.29 is 4.79 Å². The van der Waals surface area contributed by atoms with Crippen LogP contribution < -0.4 is 10.2 Å². The molecule has 1 N–H and O–H groups in total. The number of hydrogen-bond acceptors (Lipinski definition) is 4. The van der Waals surface area contributed by atoms with Crippen LogP contribution in [-0.2, 0) is 4.79 Å². The van der Waals surface area contributed by atoms with Crippen molar-refractivity contribution in [3.05, 3.63) is 42.1 Å². The van der Waals surface area contributed by atoms with Crippen molar-refractivity contribution in [1.29, 1.82) is 0 Å². The molecule has 144 valence electrons. The number of aryl methyl sites for hydroxylation is 1. The molecule has 1 aromatic carbocycles. The Labute approximate surface area is 161 Å². The number of piperazine rings is 1. The Kier molecular flexibility index (Phi) is 5.16. The lowest BCUT2D eigenvalue weighted by Gasteiger charge is -2.36. The largest absolute Gasteiger partial charge is 0.369 e. The Morgan fingerprint density at radius 1 is 1.19 bits per heavy atom. The van der Waals surface area contributed by atoms with Crippen LogP contribution in [0.3, 0.4) is 0 Å². The second kappa shape index (κ2) is 7.72. The van der Waals surface area contributed by atoms with Crippen LogP contribution in [0.1, 0.15) is 31.4 Å². The maximum Gasteiger partial charge on any atom is 0.239 e. The number of carbonyl (C=O) groups excluding carboxylic acids is 1. The van der Waals surface area contributed by atoms with Crippen LogP contribution in [0.5, 0.6) is 0 Å². The number of para-hydroxylation sites is 1. The fraction of sp³-hybridized carbons (Fsp3) is 0.524. The average molecular weight is 367 g/mol. The normalized spacial score (nSPS) is 19.1. The smallest absolute Gasteiger partial charge is 0.239 e. The molecule has 4 rings (SSSR count). The maximum atomic E-state index is 12.5. The molecule has 27 heavy (non-hydrogen) atoms. The molecule has 1 aromatic heterocycles. The highest BCUT2D eigenvalue weighted by molar-refractivity contribution is 5.91. The molecule has 0 spiro atoms. The van der Waals surface area contributed by atoms with Gasteiger partial charge in [-0.1, -0.05) is 18.2 Å². The molecule has 2 aromatic rings. The zero-order valence-corrected chi connectivity index (χ0v) is 16.3. The van der Waals surface area contributed by atoms with Crippen LogP contribution >= 0.6 is 0 Å². The summed E-state index contributed by atoms with van der Waals surface area (Å²) in [6, 6.07) is 10.8. The summed E-state index contributed by atoms with van der Waals surface area (Å²) in [6.45, 7) is 8.49. The number of anilines is 2. The van der Waals surface area contributed by atoms with Gasteiger partial charge in [0.25, 0.3) is 0 Å². The first kappa shape index (κ1) is 18.0. The van der Waals surface area contributed by atoms with Crippen LogP contribution in [0.15, 0.2) is 36.5 Å². The first-order valence-electron chi connectivity index (χ1n) is 9.98. The number of amides is 1. The first-order valence-corrected chi connectivity index (χ1v) is 9.98. The van der Waals surface area contributed by atoms with Gasteiger partial charge < -0.3 is 10.2 Å². The average Bonchev–Trinajstić information content (AvgIpc) is 3.42. The van der Waals surface area contributed by atoms with Gasteiger partial charge in [0.05, 0.1) is 18.8 Å². The molecular weight excluding hydrogens is 338 g/mol. The van der Waals surface area contributed by atoms with E-state index in [0.717, 1.165) is 32.0 Å². The molecule has 2 heterocycles. The molecule has 1 amide bonds. The fourth-order valence-electron chi connectivity index (χ4n) is 3.97. The third-order valence-electron chi connectivity index (χ3n) is 5.82. The number of benzene rings is 1. The lowest BCUT2D eigenvalue weighted by atomic mass is 10.1. The first-order chi connectivity index (χ1) is 13.1. The van der Waals surface area contributed by atoms with Crippen LogP contribution in [0.2, 0.25) is 0 Å². The van der Waals surface area contributed by atoms with Crippen LogP contribution in [0, 0.1) is 12.8 Å². The van der Waals surface area contributed by atoms with E-state index in [-0.39, 0.29) is 5.91 Å². The van der Waals surface area contributed by atoms with Crippen molar-refractivity contribution in [2.75, 3.05) is 42.9 Å². The lowest BCUT2D eigenvalue weighted by molar-refractivity contribution is -0.117. The maximum absolute atomic E-state index is 12.5. The summed E-state index contributed by atoms with van der Waals surface area (Å²) >= 11 is 0. The summed E-state index contributed by atoms with van der Waals surface area (Å²) in [4.78, 5) is 17.2. The van der Waals surface area contributed by atoms with Gasteiger partial charge in [-0.25, -0.2) is 4.68 Å². The predicted molar refractivity (Wildman–Crippen MR) is 108 cm³/mol. The monoisotopic (exact) mass is 367 g/mol. The number of carbonyl (C=O) groups is 1. The zero-order valence-electron chi connectivity index (χ0n) is 16.3. The molecule has 1 unspecified atom stereocenters. The molecule has 6 nitrogen and oxygen atoms in total. The minimum atomic E-state index is 0.0455. The summed E-state index contributed by atoms with van der Waals surface area (Å²) in [5.74, 6) is 1.57. The molecule has 1 aliphatic heterocycles. The van der Waals surface area contributed by atoms with Crippen molar-refractivity contribution in [3.63, 3.8) is 0 Å². The minimum absolute atomic E-state index is 0.0455. The van der Waals surface area contributed by atoms with Crippen LogP contribution in [0.25, 0.3) is 0 Å². The van der Waals surface area contributed by atoms with E-state index < -0.39 is 0 Å². The quantitative estimate of drug-likeness (QED) is 0.853. The zero-order chi connectivity index (χ0) is 18.8. The number of nitrogens with one attached hydrogen (secondary N) is 1. The SMILES string of the molecule is Cc1ccccc1N1CCN(CC(=O)Nc2ccnn2C(C)C2CC2)CC1. The summed E-state index contributed by atoms with van der Waals surface area (Å²) in [6.07, 6.45) is 4.30. The van der Waals surface area contributed by atoms with E-state index >= 15 is 0 Å². The second-order valence-electron chi connectivity index (χ2n) is 7.84. The summed E-state index contributed by atoms with van der Waals surface area (Å²) < 4.78 is 1.96. The van der Waals surface area contributed by atoms with Crippen LogP contribution in [0.4, 0.5) is 11.5 Å². The highest BCUT2D eigenvalue weighted by Gasteiger charge is 2.31. The number of nitrogens with zero attached hydrogens (tertiary/aromatic N) is 4. The van der Waals surface area contributed by atoms with Crippen molar-refractivity contribution >= 4 is 17.4 Å². The van der Waals surface area contributed by atoms with E-state index in [1.165, 1.54) is 24.1 Å². The van der Waals surface area contributed by atoms with Gasteiger partial charge in [0.2, 0.25) is 5.91 Å². The Balaban J connectivity index is 1.29. The third-order valence-corrected chi connectivity index (χ3v) is 5.82. The predicted octanol–water partition coefficient (Wildman–Crippen LogP) is 2.92. The van der Waals surface area contributed by atoms with Gasteiger partial charge in [-0.3, -0.25) is 9.69 Å². The van der Waals surface area contributed by atoms with E-state index in [2.05, 4.69) is 58.3 Å². The van der Waals surface area contributed by atoms with E-state index in [4.69, 9.17) is 0 Å². The Morgan fingerprint density at radius 2 is 1.93 bits per heavy atom. The molecule has 2 aliphatic rings. The molecule has 1 saturated heterocycles. The minimum Gasteiger partial charge on any atom is -0.369 e. The molecule has 6 heteroatoms. The van der Waals surface area contributed by atoms with E-state index in [1.54, 1.807) is 6.20 Å². The standard InChI is InChI=1S/C21H29N5O/c1-16-5-3-4-6-19(16)25-13-11-24(12-14-25)15-21(27)23-20-9-10-22-26(20)17(2)18-7-8-18/h3-6,9-10,17-18H,7-8,11-15H2,1-2H3,(H,23,27). The number of rotatable bonds is 6. The molecular formula is C21H29N5O. The van der Waals surface area contributed by atoms with Crippen LogP contribution in [-0.4, -0.2) is 53.3 Å². The molecule has 1 saturated carbocycles. The number of hydrogen-bond donors (Lipinski definition) is 1. The van der Waals surface area contributed by atoms with Crippen molar-refractivity contribution in [1.82, 2.24) is 14.7 Å². The molecule has 1 atom stereocenters. The summed E-state index contributed by atoms with van der Waals surface area (Å²) in [5, 5.41) is 7.47. The topological polar surface area (TPSA) is 53.4 Å². The van der Waals surface area contributed by atoms with Gasteiger partial charge in [-0.2, -0.15) is 5.10 Å². The van der Waals surface area contributed by atoms with E-state index in [1.807, 2.05) is 10.7 Å². The van der Waals surface area contributed by atoms with Gasteiger partial charge in [-0.15, -0.1) is 0 Å². The summed E-state index contributed by atoms with van der Waals surface area (Å²) in [5.41, 5.74) is 2.61. The van der Waals surface area contributed by atoms with Gasteiger partial charge in [0.1, 0.15) is 5.82 Å². The highest BCUT2D eigenvalue weighted by Crippen LogP contribution is 2.40. The highest BCUT2D eigenvalue weighted by atomic mass is 16.2. The summed E-state index contributed by atoms with van der Waals surface area (Å²) in [7, 11) is 0. The number of aromatic nitrogens is 2. The van der Waals surface area contributed by atoms with Crippen molar-refractivity contribution in [2.45, 2.75) is 32.7 Å². The Hall–Kier alpha value is -2.34. The van der Waals surface area contributed by atoms with Gasteiger partial charge in [0.15, 0.2) is 0 Å². The van der Waals surface area contributed by atoms with Crippen molar-refractivity contribution in [3.8, 4) is 0 Å². The molecule has 0 radical (unpaired) electrons.